The van der Waals surface area contributed by atoms with E-state index in [0.29, 0.717) is 12.8 Å². The number of aliphatic hydroxyl groups is 1. The Morgan fingerprint density at radius 1 is 0.640 bits per heavy atom. The van der Waals surface area contributed by atoms with Gasteiger partial charge >= 0.3 is 0 Å². The van der Waals surface area contributed by atoms with Gasteiger partial charge in [-0.25, -0.2) is 0 Å². The van der Waals surface area contributed by atoms with Crippen molar-refractivity contribution in [2.24, 2.45) is 0 Å². The van der Waals surface area contributed by atoms with Crippen LogP contribution in [0.3, 0.4) is 0 Å². The van der Waals surface area contributed by atoms with Crippen molar-refractivity contribution in [3.63, 3.8) is 0 Å². The van der Waals surface area contributed by atoms with E-state index in [9.17, 15) is 18.1 Å². The first-order valence-corrected chi connectivity index (χ1v) is 12.1. The number of unbranched alkanes of at least 4 members (excludes halogenated alkanes) is 9. The van der Waals surface area contributed by atoms with Crippen LogP contribution in [0, 0.1) is 0 Å². The molecule has 2 atom stereocenters. The number of rotatable bonds is 18. The highest BCUT2D eigenvalue weighted by Gasteiger charge is 2.22. The minimum absolute atomic E-state index is 0.267. The zero-order valence-electron chi connectivity index (χ0n) is 16.6. The van der Waals surface area contributed by atoms with Crippen LogP contribution >= 0.6 is 0 Å². The maximum absolute atomic E-state index is 11.5. The van der Waals surface area contributed by atoms with Crippen LogP contribution < -0.4 is 0 Å². The zero-order chi connectivity index (χ0) is 19.0. The summed E-state index contributed by atoms with van der Waals surface area (Å²) in [6.07, 6.45) is 15.5. The quantitative estimate of drug-likeness (QED) is 0.230. The molecule has 25 heavy (non-hydrogen) atoms. The van der Waals surface area contributed by atoms with Gasteiger partial charge in [0.2, 0.25) is 0 Å². The summed E-state index contributed by atoms with van der Waals surface area (Å²) < 4.78 is 32.5. The average molecular weight is 379 g/mol. The van der Waals surface area contributed by atoms with Gasteiger partial charge in [-0.3, -0.25) is 4.55 Å². The summed E-state index contributed by atoms with van der Waals surface area (Å²) in [5, 5.41) is 9.19. The van der Waals surface area contributed by atoms with Crippen molar-refractivity contribution >= 4 is 10.1 Å². The normalized spacial score (nSPS) is 14.6. The Kier molecular flexibility index (Phi) is 16.0. The van der Waals surface area contributed by atoms with Gasteiger partial charge in [0.25, 0.3) is 10.1 Å². The SMILES string of the molecule is CCCCCCCCCCC(CCCCC(O)CCCC)S(=O)(=O)O. The highest BCUT2D eigenvalue weighted by atomic mass is 32.2. The lowest BCUT2D eigenvalue weighted by Crippen LogP contribution is -2.20. The second kappa shape index (κ2) is 16.1. The Morgan fingerprint density at radius 2 is 1.04 bits per heavy atom. The lowest BCUT2D eigenvalue weighted by atomic mass is 10.0. The minimum Gasteiger partial charge on any atom is -0.393 e. The summed E-state index contributed by atoms with van der Waals surface area (Å²) in [6.45, 7) is 4.32. The van der Waals surface area contributed by atoms with Crippen molar-refractivity contribution in [2.45, 2.75) is 128 Å². The number of hydrogen-bond donors (Lipinski definition) is 2. The van der Waals surface area contributed by atoms with Crippen LogP contribution in [-0.2, 0) is 10.1 Å². The molecule has 2 N–H and O–H groups in total. The second-order valence-electron chi connectivity index (χ2n) is 7.48. The lowest BCUT2D eigenvalue weighted by Gasteiger charge is -2.15. The average Bonchev–Trinajstić information content (AvgIpc) is 2.56. The molecule has 0 rings (SSSR count). The molecule has 0 aliphatic heterocycles. The van der Waals surface area contributed by atoms with E-state index < -0.39 is 15.4 Å². The van der Waals surface area contributed by atoms with Gasteiger partial charge in [-0.2, -0.15) is 8.42 Å². The monoisotopic (exact) mass is 378 g/mol. The fourth-order valence-corrected chi connectivity index (χ4v) is 4.21. The van der Waals surface area contributed by atoms with Crippen LogP contribution in [0.1, 0.15) is 117 Å². The minimum atomic E-state index is -3.95. The first kappa shape index (κ1) is 24.9. The van der Waals surface area contributed by atoms with Crippen molar-refractivity contribution in [3.8, 4) is 0 Å². The predicted molar refractivity (Wildman–Crippen MR) is 107 cm³/mol. The molecule has 0 bridgehead atoms. The maximum Gasteiger partial charge on any atom is 0.267 e. The van der Waals surface area contributed by atoms with E-state index in [4.69, 9.17) is 0 Å². The molecular weight excluding hydrogens is 336 g/mol. The molecule has 152 valence electrons. The summed E-state index contributed by atoms with van der Waals surface area (Å²) in [5.74, 6) is 0. The van der Waals surface area contributed by atoms with Crippen LogP contribution in [0.25, 0.3) is 0 Å². The van der Waals surface area contributed by atoms with Crippen LogP contribution in [-0.4, -0.2) is 29.4 Å². The van der Waals surface area contributed by atoms with Gasteiger partial charge in [0.15, 0.2) is 0 Å². The van der Waals surface area contributed by atoms with Gasteiger partial charge in [0.05, 0.1) is 11.4 Å². The fraction of sp³-hybridized carbons (Fsp3) is 1.00. The third-order valence-corrected chi connectivity index (χ3v) is 6.32. The lowest BCUT2D eigenvalue weighted by molar-refractivity contribution is 0.148. The molecule has 2 unspecified atom stereocenters. The van der Waals surface area contributed by atoms with E-state index in [-0.39, 0.29) is 6.10 Å². The van der Waals surface area contributed by atoms with Crippen LogP contribution in [0.4, 0.5) is 0 Å². The van der Waals surface area contributed by atoms with Gasteiger partial charge in [-0.1, -0.05) is 90.9 Å². The van der Waals surface area contributed by atoms with E-state index in [2.05, 4.69) is 13.8 Å². The molecule has 0 saturated carbocycles. The molecule has 5 heteroatoms. The van der Waals surface area contributed by atoms with E-state index in [0.717, 1.165) is 57.8 Å². The Bertz CT molecular complexity index is 381. The highest BCUT2D eigenvalue weighted by Crippen LogP contribution is 2.19. The van der Waals surface area contributed by atoms with Crippen LogP contribution in [0.5, 0.6) is 0 Å². The molecule has 0 spiro atoms. The van der Waals surface area contributed by atoms with Crippen molar-refractivity contribution in [3.05, 3.63) is 0 Å². The molecule has 4 nitrogen and oxygen atoms in total. The van der Waals surface area contributed by atoms with Crippen molar-refractivity contribution in [1.29, 1.82) is 0 Å². The zero-order valence-corrected chi connectivity index (χ0v) is 17.4. The van der Waals surface area contributed by atoms with E-state index in [1.54, 1.807) is 0 Å². The summed E-state index contributed by atoms with van der Waals surface area (Å²) in [7, 11) is -3.95. The molecule has 0 aliphatic carbocycles. The van der Waals surface area contributed by atoms with Crippen molar-refractivity contribution in [1.82, 2.24) is 0 Å². The van der Waals surface area contributed by atoms with Gasteiger partial charge in [0.1, 0.15) is 0 Å². The third kappa shape index (κ3) is 15.8. The highest BCUT2D eigenvalue weighted by molar-refractivity contribution is 7.86. The predicted octanol–water partition coefficient (Wildman–Crippen LogP) is 5.89. The van der Waals surface area contributed by atoms with Crippen LogP contribution in [0.15, 0.2) is 0 Å². The van der Waals surface area contributed by atoms with Gasteiger partial charge in [-0.15, -0.1) is 0 Å². The van der Waals surface area contributed by atoms with Crippen molar-refractivity contribution in [2.75, 3.05) is 0 Å². The maximum atomic E-state index is 11.5. The molecule has 0 fully saturated rings. The molecule has 0 amide bonds. The first-order chi connectivity index (χ1) is 11.9. The van der Waals surface area contributed by atoms with Gasteiger partial charge < -0.3 is 5.11 Å². The largest absolute Gasteiger partial charge is 0.393 e. The summed E-state index contributed by atoms with van der Waals surface area (Å²) in [6, 6.07) is 0. The van der Waals surface area contributed by atoms with E-state index in [1.165, 1.54) is 32.1 Å². The second-order valence-corrected chi connectivity index (χ2v) is 9.18. The molecular formula is C20H42O4S. The topological polar surface area (TPSA) is 74.6 Å². The van der Waals surface area contributed by atoms with Crippen LogP contribution in [0.2, 0.25) is 0 Å². The Hall–Kier alpha value is -0.130. The summed E-state index contributed by atoms with van der Waals surface area (Å²) in [5.41, 5.74) is 0. The number of hydrogen-bond acceptors (Lipinski definition) is 3. The molecule has 0 aromatic heterocycles. The van der Waals surface area contributed by atoms with Gasteiger partial charge in [-0.05, 0) is 25.7 Å². The van der Waals surface area contributed by atoms with Crippen molar-refractivity contribution < 1.29 is 18.1 Å². The Balaban J connectivity index is 3.84. The summed E-state index contributed by atoms with van der Waals surface area (Å²) >= 11 is 0. The molecule has 0 heterocycles. The molecule has 0 saturated heterocycles. The Morgan fingerprint density at radius 3 is 1.56 bits per heavy atom. The van der Waals surface area contributed by atoms with Gasteiger partial charge in [0, 0.05) is 0 Å². The van der Waals surface area contributed by atoms with E-state index >= 15 is 0 Å². The first-order valence-electron chi connectivity index (χ1n) is 10.6. The third-order valence-electron chi connectivity index (χ3n) is 5.01. The fourth-order valence-electron chi connectivity index (χ4n) is 3.28. The number of aliphatic hydroxyl groups excluding tert-OH is 1. The molecule has 0 aliphatic rings. The standard InChI is InChI=1S/C20H42O4S/c1-3-5-7-8-9-10-11-12-17-20(25(22,23)24)18-14-13-16-19(21)15-6-4-2/h19-21H,3-18H2,1-2H3,(H,22,23,24). The van der Waals surface area contributed by atoms with E-state index in [1.807, 2.05) is 0 Å². The Labute approximate surface area is 156 Å². The smallest absolute Gasteiger partial charge is 0.267 e. The molecule has 0 aromatic carbocycles. The summed E-state index contributed by atoms with van der Waals surface area (Å²) in [4.78, 5) is 0. The molecule has 0 aromatic rings. The molecule has 0 radical (unpaired) electrons.